The zero-order valence-corrected chi connectivity index (χ0v) is 15.5. The highest BCUT2D eigenvalue weighted by Gasteiger charge is 2.21. The summed E-state index contributed by atoms with van der Waals surface area (Å²) in [4.78, 5) is 21.3. The van der Waals surface area contributed by atoms with Gasteiger partial charge in [-0.3, -0.25) is 4.79 Å². The molecule has 0 unspecified atom stereocenters. The molecular formula is C20H26N6O. The van der Waals surface area contributed by atoms with E-state index in [1.165, 1.54) is 19.3 Å². The smallest absolute Gasteiger partial charge is 0.272 e. The molecule has 1 amide bonds. The Labute approximate surface area is 159 Å². The zero-order valence-electron chi connectivity index (χ0n) is 15.5. The largest absolute Gasteiger partial charge is 0.353 e. The minimum Gasteiger partial charge on any atom is -0.353 e. The quantitative estimate of drug-likeness (QED) is 0.895. The highest BCUT2D eigenvalue weighted by atomic mass is 16.2. The lowest BCUT2D eigenvalue weighted by Gasteiger charge is -2.35. The van der Waals surface area contributed by atoms with E-state index in [0.717, 1.165) is 50.7 Å². The van der Waals surface area contributed by atoms with Crippen LogP contribution in [0.1, 0.15) is 42.6 Å². The van der Waals surface area contributed by atoms with Crippen molar-refractivity contribution in [2.75, 3.05) is 36.0 Å². The molecule has 2 aromatic heterocycles. The van der Waals surface area contributed by atoms with Gasteiger partial charge in [-0.05, 0) is 37.1 Å². The summed E-state index contributed by atoms with van der Waals surface area (Å²) < 4.78 is 0. The number of rotatable bonds is 4. The van der Waals surface area contributed by atoms with Gasteiger partial charge in [-0.1, -0.05) is 25.3 Å². The van der Waals surface area contributed by atoms with Crippen LogP contribution in [0.15, 0.2) is 36.5 Å². The number of hydrogen-bond acceptors (Lipinski definition) is 6. The Hall–Kier alpha value is -2.70. The van der Waals surface area contributed by atoms with E-state index >= 15 is 0 Å². The Kier molecular flexibility index (Phi) is 5.46. The summed E-state index contributed by atoms with van der Waals surface area (Å²) in [5.74, 6) is 1.73. The molecule has 7 nitrogen and oxygen atoms in total. The van der Waals surface area contributed by atoms with Crippen molar-refractivity contribution in [3.63, 3.8) is 0 Å². The van der Waals surface area contributed by atoms with Gasteiger partial charge in [-0.15, -0.1) is 10.2 Å². The monoisotopic (exact) mass is 366 g/mol. The molecule has 4 rings (SSSR count). The molecule has 3 heterocycles. The third-order valence-corrected chi connectivity index (χ3v) is 5.40. The Morgan fingerprint density at radius 3 is 2.26 bits per heavy atom. The van der Waals surface area contributed by atoms with Crippen LogP contribution in [0.3, 0.4) is 0 Å². The van der Waals surface area contributed by atoms with Gasteiger partial charge in [-0.25, -0.2) is 4.98 Å². The summed E-state index contributed by atoms with van der Waals surface area (Å²) in [6.07, 6.45) is 7.62. The average Bonchev–Trinajstić information content (AvgIpc) is 2.75. The van der Waals surface area contributed by atoms with E-state index in [1.807, 2.05) is 30.5 Å². The van der Waals surface area contributed by atoms with Gasteiger partial charge in [0, 0.05) is 38.4 Å². The molecular weight excluding hydrogens is 340 g/mol. The fourth-order valence-electron chi connectivity index (χ4n) is 3.83. The Balaban J connectivity index is 1.32. The third kappa shape index (κ3) is 4.35. The zero-order chi connectivity index (χ0) is 18.5. The van der Waals surface area contributed by atoms with Crippen molar-refractivity contribution < 1.29 is 4.79 Å². The van der Waals surface area contributed by atoms with Gasteiger partial charge in [-0.2, -0.15) is 0 Å². The molecule has 2 aromatic rings. The molecule has 7 heteroatoms. The predicted molar refractivity (Wildman–Crippen MR) is 105 cm³/mol. The predicted octanol–water partition coefficient (Wildman–Crippen LogP) is 2.26. The SMILES string of the molecule is O=C(NC1CCCCC1)c1ccc(N2CCN(c3ccccn3)CC2)nn1. The summed E-state index contributed by atoms with van der Waals surface area (Å²) >= 11 is 0. The lowest BCUT2D eigenvalue weighted by molar-refractivity contribution is 0.0921. The summed E-state index contributed by atoms with van der Waals surface area (Å²) in [5.41, 5.74) is 0.399. The summed E-state index contributed by atoms with van der Waals surface area (Å²) in [6.45, 7) is 3.50. The van der Waals surface area contributed by atoms with Crippen LogP contribution in [-0.2, 0) is 0 Å². The second-order valence-electron chi connectivity index (χ2n) is 7.25. The van der Waals surface area contributed by atoms with Gasteiger partial charge < -0.3 is 15.1 Å². The molecule has 1 N–H and O–H groups in total. The maximum atomic E-state index is 12.4. The van der Waals surface area contributed by atoms with Crippen LogP contribution < -0.4 is 15.1 Å². The lowest BCUT2D eigenvalue weighted by Crippen LogP contribution is -2.47. The van der Waals surface area contributed by atoms with Crippen LogP contribution >= 0.6 is 0 Å². The fraction of sp³-hybridized carbons (Fsp3) is 0.500. The molecule has 0 spiro atoms. The van der Waals surface area contributed by atoms with Crippen LogP contribution in [0.2, 0.25) is 0 Å². The van der Waals surface area contributed by atoms with Crippen LogP contribution in [0.25, 0.3) is 0 Å². The number of piperazine rings is 1. The van der Waals surface area contributed by atoms with Gasteiger partial charge >= 0.3 is 0 Å². The highest BCUT2D eigenvalue weighted by molar-refractivity contribution is 5.92. The van der Waals surface area contributed by atoms with Gasteiger partial charge in [0.05, 0.1) is 0 Å². The van der Waals surface area contributed by atoms with E-state index in [2.05, 4.69) is 30.3 Å². The first-order valence-electron chi connectivity index (χ1n) is 9.85. The van der Waals surface area contributed by atoms with Crippen molar-refractivity contribution in [2.45, 2.75) is 38.1 Å². The number of hydrogen-bond donors (Lipinski definition) is 1. The Morgan fingerprint density at radius 2 is 1.63 bits per heavy atom. The highest BCUT2D eigenvalue weighted by Crippen LogP contribution is 2.19. The fourth-order valence-corrected chi connectivity index (χ4v) is 3.83. The first-order valence-corrected chi connectivity index (χ1v) is 9.85. The number of anilines is 2. The van der Waals surface area contributed by atoms with Gasteiger partial charge in [0.25, 0.3) is 5.91 Å². The van der Waals surface area contributed by atoms with Crippen molar-refractivity contribution in [2.24, 2.45) is 0 Å². The number of nitrogens with one attached hydrogen (secondary N) is 1. The van der Waals surface area contributed by atoms with Gasteiger partial charge in [0.15, 0.2) is 11.5 Å². The molecule has 0 bridgehead atoms. The molecule has 0 aromatic carbocycles. The van der Waals surface area contributed by atoms with Crippen LogP contribution in [0.4, 0.5) is 11.6 Å². The first-order chi connectivity index (χ1) is 13.3. The number of amides is 1. The number of aromatic nitrogens is 3. The van der Waals surface area contributed by atoms with Crippen LogP contribution in [0.5, 0.6) is 0 Å². The van der Waals surface area contributed by atoms with E-state index in [9.17, 15) is 4.79 Å². The molecule has 2 fully saturated rings. The maximum Gasteiger partial charge on any atom is 0.272 e. The van der Waals surface area contributed by atoms with E-state index in [4.69, 9.17) is 0 Å². The second kappa shape index (κ2) is 8.33. The average molecular weight is 366 g/mol. The minimum absolute atomic E-state index is 0.110. The molecule has 142 valence electrons. The molecule has 1 aliphatic heterocycles. The Morgan fingerprint density at radius 1 is 0.889 bits per heavy atom. The van der Waals surface area contributed by atoms with Crippen molar-refractivity contribution >= 4 is 17.5 Å². The number of nitrogens with zero attached hydrogens (tertiary/aromatic N) is 5. The lowest BCUT2D eigenvalue weighted by atomic mass is 9.95. The van der Waals surface area contributed by atoms with Gasteiger partial charge in [0.1, 0.15) is 5.82 Å². The molecule has 1 saturated carbocycles. The second-order valence-corrected chi connectivity index (χ2v) is 7.25. The third-order valence-electron chi connectivity index (χ3n) is 5.40. The number of carbonyl (C=O) groups is 1. The van der Waals surface area contributed by atoms with Crippen LogP contribution in [0, 0.1) is 0 Å². The first kappa shape index (κ1) is 17.7. The molecule has 0 radical (unpaired) electrons. The van der Waals surface area contributed by atoms with E-state index in [-0.39, 0.29) is 11.9 Å². The standard InChI is InChI=1S/C20H26N6O/c27-20(22-16-6-2-1-3-7-16)17-9-10-19(24-23-17)26-14-12-25(13-15-26)18-8-4-5-11-21-18/h4-5,8-11,16H,1-3,6-7,12-15H2,(H,22,27). The molecule has 1 aliphatic carbocycles. The molecule has 2 aliphatic rings. The van der Waals surface area contributed by atoms with Crippen molar-refractivity contribution in [3.05, 3.63) is 42.2 Å². The van der Waals surface area contributed by atoms with Crippen molar-refractivity contribution in [1.82, 2.24) is 20.5 Å². The molecule has 0 atom stereocenters. The summed E-state index contributed by atoms with van der Waals surface area (Å²) in [6, 6.07) is 9.95. The number of carbonyl (C=O) groups excluding carboxylic acids is 1. The van der Waals surface area contributed by atoms with E-state index in [1.54, 1.807) is 6.07 Å². The normalized spacial score (nSPS) is 18.4. The van der Waals surface area contributed by atoms with Crippen LogP contribution in [-0.4, -0.2) is 53.3 Å². The Bertz CT molecular complexity index is 737. The van der Waals surface area contributed by atoms with Crippen molar-refractivity contribution in [3.8, 4) is 0 Å². The minimum atomic E-state index is -0.110. The number of pyridine rings is 1. The molecule has 1 saturated heterocycles. The summed E-state index contributed by atoms with van der Waals surface area (Å²) in [5, 5.41) is 11.6. The summed E-state index contributed by atoms with van der Waals surface area (Å²) in [7, 11) is 0. The topological polar surface area (TPSA) is 74.2 Å². The van der Waals surface area contributed by atoms with Gasteiger partial charge in [0.2, 0.25) is 0 Å². The maximum absolute atomic E-state index is 12.4. The van der Waals surface area contributed by atoms with E-state index < -0.39 is 0 Å². The van der Waals surface area contributed by atoms with E-state index in [0.29, 0.717) is 5.69 Å². The van der Waals surface area contributed by atoms with Crippen molar-refractivity contribution in [1.29, 1.82) is 0 Å². The molecule has 27 heavy (non-hydrogen) atoms.